The lowest BCUT2D eigenvalue weighted by atomic mass is 10.2. The highest BCUT2D eigenvalue weighted by molar-refractivity contribution is 6.32. The first-order valence-electron chi connectivity index (χ1n) is 9.30. The summed E-state index contributed by atoms with van der Waals surface area (Å²) < 4.78 is 37.4. The van der Waals surface area contributed by atoms with Crippen LogP contribution in [-0.4, -0.2) is 38.2 Å². The standard InChI is InChI=1S/C20H14ClN3O3.C2HF3O2/c21-15-7-6-14(10-18(15)25)27-13-4-1-11(2-5-13)20-23-16-8-3-12(19(22)26)9-17(16)24-20;3-2(4,5)1(6)7/h1-10,25H,(H2,22,26)(H,23,24);(H,6,7). The number of carbonyl (C=O) groups excluding carboxylic acids is 1. The van der Waals surface area contributed by atoms with Gasteiger partial charge in [-0.1, -0.05) is 11.6 Å². The number of nitrogens with one attached hydrogen (secondary N) is 1. The number of H-pyrrole nitrogens is 1. The topological polar surface area (TPSA) is 139 Å². The number of hydrogen-bond donors (Lipinski definition) is 4. The van der Waals surface area contributed by atoms with E-state index in [1.165, 1.54) is 6.07 Å². The number of aromatic nitrogens is 2. The number of hydrogen-bond acceptors (Lipinski definition) is 5. The van der Waals surface area contributed by atoms with E-state index in [1.54, 1.807) is 42.5 Å². The quantitative estimate of drug-likeness (QED) is 0.311. The summed E-state index contributed by atoms with van der Waals surface area (Å²) in [6, 6.07) is 17.1. The number of halogens is 4. The van der Waals surface area contributed by atoms with E-state index < -0.39 is 18.1 Å². The predicted molar refractivity (Wildman–Crippen MR) is 117 cm³/mol. The molecule has 1 aromatic heterocycles. The number of carbonyl (C=O) groups is 2. The molecule has 5 N–H and O–H groups in total. The molecule has 0 fully saturated rings. The number of primary amides is 1. The molecule has 0 aliphatic heterocycles. The highest BCUT2D eigenvalue weighted by Crippen LogP contribution is 2.31. The van der Waals surface area contributed by atoms with Crippen LogP contribution < -0.4 is 10.5 Å². The van der Waals surface area contributed by atoms with Gasteiger partial charge in [0, 0.05) is 17.2 Å². The minimum absolute atomic E-state index is 0.0385. The van der Waals surface area contributed by atoms with Crippen molar-refractivity contribution < 1.29 is 37.7 Å². The summed E-state index contributed by atoms with van der Waals surface area (Å²) in [4.78, 5) is 27.9. The van der Waals surface area contributed by atoms with Gasteiger partial charge >= 0.3 is 12.1 Å². The van der Waals surface area contributed by atoms with Gasteiger partial charge < -0.3 is 25.7 Å². The van der Waals surface area contributed by atoms with Crippen molar-refractivity contribution in [2.45, 2.75) is 6.18 Å². The highest BCUT2D eigenvalue weighted by atomic mass is 35.5. The fourth-order valence-electron chi connectivity index (χ4n) is 2.67. The monoisotopic (exact) mass is 493 g/mol. The second-order valence-corrected chi connectivity index (χ2v) is 7.13. The Kier molecular flexibility index (Phi) is 6.97. The number of aliphatic carboxylic acids is 1. The molecule has 0 saturated heterocycles. The molecular formula is C22H15ClF3N3O5. The number of aromatic amines is 1. The normalized spacial score (nSPS) is 10.9. The molecule has 4 rings (SSSR count). The fraction of sp³-hybridized carbons (Fsp3) is 0.0455. The first-order chi connectivity index (χ1) is 15.9. The van der Waals surface area contributed by atoms with E-state index in [-0.39, 0.29) is 10.8 Å². The fourth-order valence-corrected chi connectivity index (χ4v) is 2.79. The molecule has 0 atom stereocenters. The lowest BCUT2D eigenvalue weighted by Gasteiger charge is -2.07. The Bertz CT molecular complexity index is 1350. The van der Waals surface area contributed by atoms with E-state index in [0.29, 0.717) is 22.9 Å². The molecule has 4 aromatic rings. The Labute approximate surface area is 194 Å². The van der Waals surface area contributed by atoms with E-state index in [9.17, 15) is 23.1 Å². The maximum absolute atomic E-state index is 11.3. The molecular weight excluding hydrogens is 479 g/mol. The smallest absolute Gasteiger partial charge is 0.490 e. The lowest BCUT2D eigenvalue weighted by Crippen LogP contribution is -2.21. The van der Waals surface area contributed by atoms with Gasteiger partial charge in [0.25, 0.3) is 0 Å². The van der Waals surface area contributed by atoms with Crippen LogP contribution in [0.1, 0.15) is 10.4 Å². The lowest BCUT2D eigenvalue weighted by molar-refractivity contribution is -0.192. The number of aromatic hydroxyl groups is 1. The van der Waals surface area contributed by atoms with Gasteiger partial charge in [-0.05, 0) is 54.6 Å². The van der Waals surface area contributed by atoms with E-state index in [0.717, 1.165) is 16.6 Å². The number of ether oxygens (including phenoxy) is 1. The number of imidazole rings is 1. The van der Waals surface area contributed by atoms with Crippen molar-refractivity contribution in [2.75, 3.05) is 0 Å². The van der Waals surface area contributed by atoms with Gasteiger partial charge in [-0.15, -0.1) is 0 Å². The number of amides is 1. The number of carboxylic acids is 1. The molecule has 0 unspecified atom stereocenters. The van der Waals surface area contributed by atoms with E-state index in [1.807, 2.05) is 12.1 Å². The number of nitrogens with two attached hydrogens (primary N) is 1. The Balaban J connectivity index is 0.000000406. The number of benzene rings is 3. The molecule has 0 aliphatic rings. The number of nitrogens with zero attached hydrogens (tertiary/aromatic N) is 1. The summed E-state index contributed by atoms with van der Waals surface area (Å²) in [5.41, 5.74) is 8.07. The average Bonchev–Trinajstić information content (AvgIpc) is 3.20. The number of alkyl halides is 3. The molecule has 1 amide bonds. The first-order valence-corrected chi connectivity index (χ1v) is 9.68. The zero-order valence-corrected chi connectivity index (χ0v) is 17.7. The molecule has 0 radical (unpaired) electrons. The van der Waals surface area contributed by atoms with Gasteiger partial charge in [-0.25, -0.2) is 9.78 Å². The third kappa shape index (κ3) is 5.95. The van der Waals surface area contributed by atoms with Crippen LogP contribution in [0.25, 0.3) is 22.4 Å². The third-order valence-electron chi connectivity index (χ3n) is 4.29. The van der Waals surface area contributed by atoms with Gasteiger partial charge in [-0.2, -0.15) is 13.2 Å². The number of carboxylic acid groups (broad SMARTS) is 1. The van der Waals surface area contributed by atoms with Crippen molar-refractivity contribution in [1.29, 1.82) is 0 Å². The number of phenolic OH excluding ortho intramolecular Hbond substituents is 1. The van der Waals surface area contributed by atoms with Gasteiger partial charge in [0.1, 0.15) is 23.1 Å². The number of rotatable bonds is 4. The van der Waals surface area contributed by atoms with Crippen LogP contribution in [0.4, 0.5) is 13.2 Å². The number of fused-ring (bicyclic) bond motifs is 1. The summed E-state index contributed by atoms with van der Waals surface area (Å²) >= 11 is 5.79. The first kappa shape index (κ1) is 24.4. The molecule has 8 nitrogen and oxygen atoms in total. The zero-order valence-electron chi connectivity index (χ0n) is 16.9. The molecule has 12 heteroatoms. The van der Waals surface area contributed by atoms with Gasteiger partial charge in [0.05, 0.1) is 16.1 Å². The summed E-state index contributed by atoms with van der Waals surface area (Å²) in [5.74, 6) is -1.53. The van der Waals surface area contributed by atoms with Crippen LogP contribution in [-0.2, 0) is 4.79 Å². The molecule has 0 saturated carbocycles. The van der Waals surface area contributed by atoms with Crippen LogP contribution in [0.2, 0.25) is 5.02 Å². The van der Waals surface area contributed by atoms with Crippen LogP contribution in [0.15, 0.2) is 60.7 Å². The molecule has 176 valence electrons. The molecule has 0 aliphatic carbocycles. The molecule has 3 aromatic carbocycles. The maximum Gasteiger partial charge on any atom is 0.490 e. The Morgan fingerprint density at radius 3 is 2.18 bits per heavy atom. The van der Waals surface area contributed by atoms with Crippen molar-refractivity contribution in [1.82, 2.24) is 9.97 Å². The zero-order chi connectivity index (χ0) is 25.0. The van der Waals surface area contributed by atoms with Crippen molar-refractivity contribution in [3.05, 3.63) is 71.2 Å². The molecule has 1 heterocycles. The van der Waals surface area contributed by atoms with E-state index in [2.05, 4.69) is 9.97 Å². The minimum atomic E-state index is -5.08. The second-order valence-electron chi connectivity index (χ2n) is 6.72. The molecule has 0 bridgehead atoms. The average molecular weight is 494 g/mol. The summed E-state index contributed by atoms with van der Waals surface area (Å²) in [6.45, 7) is 0. The summed E-state index contributed by atoms with van der Waals surface area (Å²) in [5, 5.41) is 17.0. The largest absolute Gasteiger partial charge is 0.506 e. The van der Waals surface area contributed by atoms with Crippen LogP contribution in [0, 0.1) is 0 Å². The minimum Gasteiger partial charge on any atom is -0.506 e. The Morgan fingerprint density at radius 2 is 1.62 bits per heavy atom. The van der Waals surface area contributed by atoms with Crippen LogP contribution in [0.5, 0.6) is 17.2 Å². The van der Waals surface area contributed by atoms with Crippen LogP contribution in [0.3, 0.4) is 0 Å². The van der Waals surface area contributed by atoms with Crippen molar-refractivity contribution in [2.24, 2.45) is 5.73 Å². The maximum atomic E-state index is 11.3. The summed E-state index contributed by atoms with van der Waals surface area (Å²) in [7, 11) is 0. The third-order valence-corrected chi connectivity index (χ3v) is 4.61. The van der Waals surface area contributed by atoms with Crippen molar-refractivity contribution in [3.8, 4) is 28.6 Å². The van der Waals surface area contributed by atoms with Gasteiger partial charge in [0.15, 0.2) is 0 Å². The summed E-state index contributed by atoms with van der Waals surface area (Å²) in [6.07, 6.45) is -5.08. The predicted octanol–water partition coefficient (Wildman–Crippen LogP) is 5.11. The number of phenols is 1. The van der Waals surface area contributed by atoms with Crippen LogP contribution >= 0.6 is 11.6 Å². The van der Waals surface area contributed by atoms with Crippen molar-refractivity contribution >= 4 is 34.5 Å². The second kappa shape index (κ2) is 9.71. The van der Waals surface area contributed by atoms with Gasteiger partial charge in [-0.3, -0.25) is 4.79 Å². The van der Waals surface area contributed by atoms with Crippen molar-refractivity contribution in [3.63, 3.8) is 0 Å². The SMILES string of the molecule is NC(=O)c1ccc2nc(-c3ccc(Oc4ccc(Cl)c(O)c4)cc3)[nH]c2c1.O=C(O)C(F)(F)F. The molecule has 34 heavy (non-hydrogen) atoms. The molecule has 0 spiro atoms. The van der Waals surface area contributed by atoms with E-state index >= 15 is 0 Å². The Morgan fingerprint density at radius 1 is 1.00 bits per heavy atom. The Hall–Kier alpha value is -4.25. The van der Waals surface area contributed by atoms with Gasteiger partial charge in [0.2, 0.25) is 5.91 Å². The highest BCUT2D eigenvalue weighted by Gasteiger charge is 2.38. The van der Waals surface area contributed by atoms with E-state index in [4.69, 9.17) is 32.0 Å².